The first-order chi connectivity index (χ1) is 6.00. The summed E-state index contributed by atoms with van der Waals surface area (Å²) in [6.07, 6.45) is 4.82. The van der Waals surface area contributed by atoms with Crippen molar-refractivity contribution < 1.29 is 5.11 Å². The highest BCUT2D eigenvalue weighted by molar-refractivity contribution is 5.38. The van der Waals surface area contributed by atoms with Gasteiger partial charge in [-0.25, -0.2) is 9.97 Å². The Morgan fingerprint density at radius 2 is 1.92 bits per heavy atom. The van der Waals surface area contributed by atoms with E-state index < -0.39 is 5.60 Å². The quantitative estimate of drug-likeness (QED) is 0.731. The number of aliphatic hydroxyl groups is 1. The van der Waals surface area contributed by atoms with Crippen LogP contribution in [-0.4, -0.2) is 26.7 Å². The van der Waals surface area contributed by atoms with Crippen molar-refractivity contribution in [2.75, 3.05) is 5.32 Å². The van der Waals surface area contributed by atoms with Gasteiger partial charge < -0.3 is 10.4 Å². The van der Waals surface area contributed by atoms with E-state index in [4.69, 9.17) is 0 Å². The summed E-state index contributed by atoms with van der Waals surface area (Å²) in [6, 6.07) is -0.0431. The molecule has 0 aliphatic heterocycles. The fourth-order valence-corrected chi connectivity index (χ4v) is 0.800. The molecule has 0 amide bonds. The molecule has 1 atom stereocenters. The number of hydrogen-bond donors (Lipinski definition) is 2. The first kappa shape index (κ1) is 9.92. The molecule has 4 nitrogen and oxygen atoms in total. The maximum absolute atomic E-state index is 9.64. The highest BCUT2D eigenvalue weighted by atomic mass is 16.3. The molecular formula is C9H15N3O. The van der Waals surface area contributed by atoms with E-state index in [-0.39, 0.29) is 6.04 Å². The number of anilines is 1. The summed E-state index contributed by atoms with van der Waals surface area (Å²) in [5.41, 5.74) is 0.0627. The van der Waals surface area contributed by atoms with Gasteiger partial charge in [-0.1, -0.05) is 0 Å². The summed E-state index contributed by atoms with van der Waals surface area (Å²) in [4.78, 5) is 7.73. The number of nitrogens with one attached hydrogen (secondary N) is 1. The van der Waals surface area contributed by atoms with Gasteiger partial charge in [0.1, 0.15) is 6.33 Å². The van der Waals surface area contributed by atoms with Gasteiger partial charge in [0.2, 0.25) is 0 Å². The summed E-state index contributed by atoms with van der Waals surface area (Å²) in [6.45, 7) is 5.43. The lowest BCUT2D eigenvalue weighted by atomic mass is 10.0. The lowest BCUT2D eigenvalue weighted by Gasteiger charge is -2.27. The van der Waals surface area contributed by atoms with E-state index >= 15 is 0 Å². The molecule has 0 aromatic carbocycles. The van der Waals surface area contributed by atoms with Crippen molar-refractivity contribution in [2.24, 2.45) is 0 Å². The topological polar surface area (TPSA) is 58.0 Å². The number of aromatic nitrogens is 2. The van der Waals surface area contributed by atoms with Crippen LogP contribution >= 0.6 is 0 Å². The molecule has 0 saturated carbocycles. The van der Waals surface area contributed by atoms with Gasteiger partial charge in [0.05, 0.1) is 29.7 Å². The van der Waals surface area contributed by atoms with Crippen molar-refractivity contribution in [1.82, 2.24) is 9.97 Å². The molecule has 0 aliphatic rings. The second-order valence-electron chi connectivity index (χ2n) is 3.65. The Labute approximate surface area is 78.0 Å². The predicted octanol–water partition coefficient (Wildman–Crippen LogP) is 1.05. The Bertz CT molecular complexity index is 255. The highest BCUT2D eigenvalue weighted by Gasteiger charge is 2.21. The van der Waals surface area contributed by atoms with Crippen molar-refractivity contribution in [3.05, 3.63) is 18.7 Å². The predicted molar refractivity (Wildman–Crippen MR) is 51.4 cm³/mol. The van der Waals surface area contributed by atoms with Gasteiger partial charge in [-0.05, 0) is 20.8 Å². The van der Waals surface area contributed by atoms with Gasteiger partial charge >= 0.3 is 0 Å². The summed E-state index contributed by atoms with van der Waals surface area (Å²) in [7, 11) is 0. The standard InChI is InChI=1S/C9H15N3O/c1-7(9(2,3)13)12-8-4-10-6-11-5-8/h4-7,12-13H,1-3H3. The van der Waals surface area contributed by atoms with E-state index in [2.05, 4.69) is 15.3 Å². The van der Waals surface area contributed by atoms with Crippen molar-refractivity contribution in [1.29, 1.82) is 0 Å². The van der Waals surface area contributed by atoms with Crippen LogP contribution in [0.2, 0.25) is 0 Å². The van der Waals surface area contributed by atoms with Gasteiger partial charge in [-0.15, -0.1) is 0 Å². The van der Waals surface area contributed by atoms with E-state index in [0.29, 0.717) is 0 Å². The van der Waals surface area contributed by atoms with Crippen LogP contribution in [0.5, 0.6) is 0 Å². The van der Waals surface area contributed by atoms with Crippen LogP contribution in [0, 0.1) is 0 Å². The maximum Gasteiger partial charge on any atom is 0.115 e. The Morgan fingerprint density at radius 3 is 2.38 bits per heavy atom. The van der Waals surface area contributed by atoms with Crippen molar-refractivity contribution in [2.45, 2.75) is 32.4 Å². The minimum atomic E-state index is -0.754. The van der Waals surface area contributed by atoms with Gasteiger partial charge in [-0.2, -0.15) is 0 Å². The summed E-state index contributed by atoms with van der Waals surface area (Å²) >= 11 is 0. The molecule has 13 heavy (non-hydrogen) atoms. The average Bonchev–Trinajstić information content (AvgIpc) is 2.04. The van der Waals surface area contributed by atoms with E-state index in [1.165, 1.54) is 6.33 Å². The SMILES string of the molecule is CC(Nc1cncnc1)C(C)(C)O. The molecule has 72 valence electrons. The van der Waals surface area contributed by atoms with Crippen LogP contribution in [0.3, 0.4) is 0 Å². The second kappa shape index (κ2) is 3.70. The zero-order chi connectivity index (χ0) is 9.90. The highest BCUT2D eigenvalue weighted by Crippen LogP contribution is 2.13. The molecule has 0 aliphatic carbocycles. The van der Waals surface area contributed by atoms with E-state index in [0.717, 1.165) is 5.69 Å². The summed E-state index contributed by atoms with van der Waals surface area (Å²) in [5.74, 6) is 0. The fraction of sp³-hybridized carbons (Fsp3) is 0.556. The van der Waals surface area contributed by atoms with Crippen LogP contribution in [-0.2, 0) is 0 Å². The first-order valence-corrected chi connectivity index (χ1v) is 4.24. The molecule has 0 radical (unpaired) electrons. The van der Waals surface area contributed by atoms with Crippen LogP contribution in [0.15, 0.2) is 18.7 Å². The molecule has 1 rings (SSSR count). The molecule has 1 aromatic heterocycles. The number of rotatable bonds is 3. The smallest absolute Gasteiger partial charge is 0.115 e. The molecule has 4 heteroatoms. The fourth-order valence-electron chi connectivity index (χ4n) is 0.800. The molecule has 2 N–H and O–H groups in total. The van der Waals surface area contributed by atoms with Crippen LogP contribution in [0.1, 0.15) is 20.8 Å². The molecule has 0 bridgehead atoms. The third-order valence-electron chi connectivity index (χ3n) is 2.00. The Kier molecular flexibility index (Phi) is 2.83. The zero-order valence-corrected chi connectivity index (χ0v) is 8.15. The normalized spacial score (nSPS) is 13.8. The average molecular weight is 181 g/mol. The molecule has 1 unspecified atom stereocenters. The maximum atomic E-state index is 9.64. The second-order valence-corrected chi connectivity index (χ2v) is 3.65. The lowest BCUT2D eigenvalue weighted by molar-refractivity contribution is 0.0649. The zero-order valence-electron chi connectivity index (χ0n) is 8.15. The van der Waals surface area contributed by atoms with Crippen LogP contribution in [0.4, 0.5) is 5.69 Å². The molecule has 0 spiro atoms. The van der Waals surface area contributed by atoms with Crippen molar-refractivity contribution in [3.63, 3.8) is 0 Å². The molecule has 1 heterocycles. The minimum absolute atomic E-state index is 0.0431. The molecule has 0 saturated heterocycles. The number of nitrogens with zero attached hydrogens (tertiary/aromatic N) is 2. The van der Waals surface area contributed by atoms with Crippen LogP contribution < -0.4 is 5.32 Å². The van der Waals surface area contributed by atoms with Crippen molar-refractivity contribution in [3.8, 4) is 0 Å². The van der Waals surface area contributed by atoms with Gasteiger partial charge in [0, 0.05) is 0 Å². The minimum Gasteiger partial charge on any atom is -0.388 e. The molecule has 0 fully saturated rings. The number of hydrogen-bond acceptors (Lipinski definition) is 4. The lowest BCUT2D eigenvalue weighted by Crippen LogP contribution is -2.39. The summed E-state index contributed by atoms with van der Waals surface area (Å²) < 4.78 is 0. The van der Waals surface area contributed by atoms with Gasteiger partial charge in [-0.3, -0.25) is 0 Å². The third-order valence-corrected chi connectivity index (χ3v) is 2.00. The monoisotopic (exact) mass is 181 g/mol. The van der Waals surface area contributed by atoms with E-state index in [9.17, 15) is 5.11 Å². The Hall–Kier alpha value is -1.16. The molecule has 1 aromatic rings. The molecular weight excluding hydrogens is 166 g/mol. The third kappa shape index (κ3) is 2.99. The first-order valence-electron chi connectivity index (χ1n) is 4.24. The van der Waals surface area contributed by atoms with E-state index in [1.807, 2.05) is 6.92 Å². The van der Waals surface area contributed by atoms with Gasteiger partial charge in [0.25, 0.3) is 0 Å². The van der Waals surface area contributed by atoms with E-state index in [1.54, 1.807) is 26.2 Å². The van der Waals surface area contributed by atoms with Crippen LogP contribution in [0.25, 0.3) is 0 Å². The largest absolute Gasteiger partial charge is 0.388 e. The van der Waals surface area contributed by atoms with Crippen molar-refractivity contribution >= 4 is 5.69 Å². The van der Waals surface area contributed by atoms with Gasteiger partial charge in [0.15, 0.2) is 0 Å². The summed E-state index contributed by atoms with van der Waals surface area (Å²) in [5, 5.41) is 12.8. The Balaban J connectivity index is 2.61. The Morgan fingerprint density at radius 1 is 1.38 bits per heavy atom.